The maximum absolute atomic E-state index is 14.9. The fourth-order valence-corrected chi connectivity index (χ4v) is 4.95. The highest BCUT2D eigenvalue weighted by molar-refractivity contribution is 5.94. The molecule has 180 valence electrons. The van der Waals surface area contributed by atoms with Gasteiger partial charge in [-0.15, -0.1) is 0 Å². The van der Waals surface area contributed by atoms with Gasteiger partial charge in [0.2, 0.25) is 0 Å². The van der Waals surface area contributed by atoms with Gasteiger partial charge in [0.15, 0.2) is 5.78 Å². The summed E-state index contributed by atoms with van der Waals surface area (Å²) in [6, 6.07) is 12.8. The molecule has 0 spiro atoms. The van der Waals surface area contributed by atoms with Crippen LogP contribution in [0.25, 0.3) is 11.1 Å². The third kappa shape index (κ3) is 8.07. The molecule has 0 bridgehead atoms. The van der Waals surface area contributed by atoms with Crippen molar-refractivity contribution in [1.82, 2.24) is 0 Å². The van der Waals surface area contributed by atoms with Crippen molar-refractivity contribution < 1.29 is 13.9 Å². The maximum Gasteiger partial charge on any atom is 0.159 e. The molecule has 0 atom stereocenters. The second kappa shape index (κ2) is 13.6. The second-order valence-electron chi connectivity index (χ2n) is 9.69. The number of rotatable bonds is 13. The van der Waals surface area contributed by atoms with Crippen LogP contribution in [0.5, 0.6) is 0 Å². The average Bonchev–Trinajstić information content (AvgIpc) is 2.83. The highest BCUT2D eigenvalue weighted by atomic mass is 19.1. The third-order valence-electron chi connectivity index (χ3n) is 7.09. The van der Waals surface area contributed by atoms with Crippen molar-refractivity contribution in [2.24, 2.45) is 0 Å². The van der Waals surface area contributed by atoms with E-state index in [9.17, 15) is 9.18 Å². The molecular formula is C30H41FO2. The van der Waals surface area contributed by atoms with Crippen LogP contribution in [0.4, 0.5) is 4.39 Å². The Morgan fingerprint density at radius 3 is 2.12 bits per heavy atom. The van der Waals surface area contributed by atoms with Crippen molar-refractivity contribution in [1.29, 1.82) is 0 Å². The Morgan fingerprint density at radius 2 is 1.52 bits per heavy atom. The highest BCUT2D eigenvalue weighted by Gasteiger charge is 2.23. The first-order chi connectivity index (χ1) is 16.1. The first-order valence-corrected chi connectivity index (χ1v) is 13.1. The Hall–Kier alpha value is -2.00. The third-order valence-corrected chi connectivity index (χ3v) is 7.09. The van der Waals surface area contributed by atoms with Crippen LogP contribution >= 0.6 is 0 Å². The Balaban J connectivity index is 1.39. The molecule has 2 aromatic rings. The zero-order chi connectivity index (χ0) is 23.5. The minimum Gasteiger partial charge on any atom is -0.378 e. The smallest absolute Gasteiger partial charge is 0.159 e. The van der Waals surface area contributed by atoms with Crippen LogP contribution in [-0.4, -0.2) is 18.5 Å². The van der Waals surface area contributed by atoms with Gasteiger partial charge in [-0.1, -0.05) is 88.3 Å². The molecule has 2 aromatic carbocycles. The quantitative estimate of drug-likeness (QED) is 0.224. The Morgan fingerprint density at radius 1 is 0.879 bits per heavy atom. The molecule has 0 amide bonds. The van der Waals surface area contributed by atoms with Crippen molar-refractivity contribution in [2.45, 2.75) is 103 Å². The topological polar surface area (TPSA) is 26.3 Å². The minimum absolute atomic E-state index is 0.0229. The fourth-order valence-electron chi connectivity index (χ4n) is 4.95. The summed E-state index contributed by atoms with van der Waals surface area (Å²) in [6.07, 6.45) is 15.2. The first kappa shape index (κ1) is 25.6. The standard InChI is InChI=1S/C30H41FO2/c1-3-4-5-6-7-8-9-10-21-33-28-18-15-25(16-19-28)27-17-20-29(30(31)22-27)26-13-11-24(12-14-26)23(2)32/h11-14,17,20,22,25,28H,3-10,15-16,18-19,21H2,1-2H3. The van der Waals surface area contributed by atoms with E-state index in [0.29, 0.717) is 23.1 Å². The van der Waals surface area contributed by atoms with E-state index < -0.39 is 0 Å². The SMILES string of the molecule is CCCCCCCCCCOC1CCC(c2ccc(-c3ccc(C(C)=O)cc3)c(F)c2)CC1. The van der Waals surface area contributed by atoms with E-state index in [1.165, 1.54) is 51.4 Å². The minimum atomic E-state index is -0.184. The Kier molecular flexibility index (Phi) is 10.6. The number of hydrogen-bond acceptors (Lipinski definition) is 2. The molecule has 0 heterocycles. The van der Waals surface area contributed by atoms with Crippen molar-refractivity contribution in [3.05, 3.63) is 59.4 Å². The fraction of sp³-hybridized carbons (Fsp3) is 0.567. The first-order valence-electron chi connectivity index (χ1n) is 13.1. The molecule has 0 radical (unpaired) electrons. The molecule has 0 N–H and O–H groups in total. The lowest BCUT2D eigenvalue weighted by Crippen LogP contribution is -2.21. The molecule has 1 aliphatic rings. The van der Waals surface area contributed by atoms with Gasteiger partial charge in [0.25, 0.3) is 0 Å². The van der Waals surface area contributed by atoms with E-state index in [1.54, 1.807) is 25.1 Å². The Bertz CT molecular complexity index is 850. The number of ketones is 1. The lowest BCUT2D eigenvalue weighted by molar-refractivity contribution is 0.0226. The summed E-state index contributed by atoms with van der Waals surface area (Å²) >= 11 is 0. The van der Waals surface area contributed by atoms with E-state index in [1.807, 2.05) is 18.2 Å². The maximum atomic E-state index is 14.9. The molecule has 0 aliphatic heterocycles. The molecular weight excluding hydrogens is 411 g/mol. The zero-order valence-electron chi connectivity index (χ0n) is 20.6. The van der Waals surface area contributed by atoms with E-state index in [0.717, 1.165) is 43.4 Å². The summed E-state index contributed by atoms with van der Waals surface area (Å²) in [5.41, 5.74) is 3.15. The van der Waals surface area contributed by atoms with Crippen LogP contribution in [0, 0.1) is 5.82 Å². The van der Waals surface area contributed by atoms with Gasteiger partial charge in [0.1, 0.15) is 5.82 Å². The predicted octanol–water partition coefficient (Wildman–Crippen LogP) is 8.88. The van der Waals surface area contributed by atoms with Crippen molar-refractivity contribution in [2.75, 3.05) is 6.61 Å². The van der Waals surface area contributed by atoms with Crippen LogP contribution < -0.4 is 0 Å². The number of hydrogen-bond donors (Lipinski definition) is 0. The molecule has 1 fully saturated rings. The Labute approximate surface area is 199 Å². The lowest BCUT2D eigenvalue weighted by Gasteiger charge is -2.29. The lowest BCUT2D eigenvalue weighted by atomic mass is 9.82. The summed E-state index contributed by atoms with van der Waals surface area (Å²) < 4.78 is 21.0. The molecule has 3 heteroatoms. The summed E-state index contributed by atoms with van der Waals surface area (Å²) in [5.74, 6) is 0.252. The van der Waals surface area contributed by atoms with E-state index in [4.69, 9.17) is 4.74 Å². The van der Waals surface area contributed by atoms with E-state index >= 15 is 0 Å². The summed E-state index contributed by atoms with van der Waals surface area (Å²) in [4.78, 5) is 11.5. The number of unbranched alkanes of at least 4 members (excludes halogenated alkanes) is 7. The molecule has 3 rings (SSSR count). The molecule has 1 aliphatic carbocycles. The zero-order valence-corrected chi connectivity index (χ0v) is 20.6. The van der Waals surface area contributed by atoms with Crippen LogP contribution in [0.3, 0.4) is 0 Å². The van der Waals surface area contributed by atoms with Crippen LogP contribution in [0.15, 0.2) is 42.5 Å². The molecule has 0 unspecified atom stereocenters. The van der Waals surface area contributed by atoms with Crippen molar-refractivity contribution >= 4 is 5.78 Å². The number of ether oxygens (including phenoxy) is 1. The number of benzene rings is 2. The number of carbonyl (C=O) groups excluding carboxylic acids is 1. The normalized spacial score (nSPS) is 18.4. The van der Waals surface area contributed by atoms with Gasteiger partial charge in [0, 0.05) is 17.7 Å². The van der Waals surface area contributed by atoms with Gasteiger partial charge in [-0.05, 0) is 62.1 Å². The average molecular weight is 453 g/mol. The number of halogens is 1. The largest absolute Gasteiger partial charge is 0.378 e. The number of Topliss-reactive ketones (excluding diaryl/α,β-unsaturated/α-hetero) is 1. The van der Waals surface area contributed by atoms with Gasteiger partial charge in [-0.3, -0.25) is 4.79 Å². The van der Waals surface area contributed by atoms with Crippen LogP contribution in [0.2, 0.25) is 0 Å². The molecule has 0 aromatic heterocycles. The summed E-state index contributed by atoms with van der Waals surface area (Å²) in [6.45, 7) is 4.69. The van der Waals surface area contributed by atoms with Crippen LogP contribution in [0.1, 0.15) is 113 Å². The van der Waals surface area contributed by atoms with Crippen molar-refractivity contribution in [3.63, 3.8) is 0 Å². The van der Waals surface area contributed by atoms with Gasteiger partial charge in [0.05, 0.1) is 6.10 Å². The summed E-state index contributed by atoms with van der Waals surface area (Å²) in [5, 5.41) is 0. The van der Waals surface area contributed by atoms with Gasteiger partial charge in [-0.2, -0.15) is 0 Å². The predicted molar refractivity (Wildman–Crippen MR) is 135 cm³/mol. The number of carbonyl (C=O) groups is 1. The van der Waals surface area contributed by atoms with Crippen LogP contribution in [-0.2, 0) is 4.74 Å². The van der Waals surface area contributed by atoms with E-state index in [-0.39, 0.29) is 11.6 Å². The van der Waals surface area contributed by atoms with Crippen molar-refractivity contribution in [3.8, 4) is 11.1 Å². The van der Waals surface area contributed by atoms with Gasteiger partial charge in [-0.25, -0.2) is 4.39 Å². The van der Waals surface area contributed by atoms with Gasteiger partial charge >= 0.3 is 0 Å². The molecule has 33 heavy (non-hydrogen) atoms. The molecule has 0 saturated heterocycles. The van der Waals surface area contributed by atoms with E-state index in [2.05, 4.69) is 13.0 Å². The molecule has 1 saturated carbocycles. The summed E-state index contributed by atoms with van der Waals surface area (Å²) in [7, 11) is 0. The van der Waals surface area contributed by atoms with Gasteiger partial charge < -0.3 is 4.74 Å². The monoisotopic (exact) mass is 452 g/mol. The highest BCUT2D eigenvalue weighted by Crippen LogP contribution is 2.36. The second-order valence-corrected chi connectivity index (χ2v) is 9.69. The molecule has 2 nitrogen and oxygen atoms in total.